The summed E-state index contributed by atoms with van der Waals surface area (Å²) in [4.78, 5) is 25.6. The number of benzene rings is 1. The van der Waals surface area contributed by atoms with Gasteiger partial charge < -0.3 is 15.7 Å². The summed E-state index contributed by atoms with van der Waals surface area (Å²) in [6.07, 6.45) is -0.374. The van der Waals surface area contributed by atoms with Crippen LogP contribution in [-0.2, 0) is 4.79 Å². The van der Waals surface area contributed by atoms with Gasteiger partial charge in [-0.15, -0.1) is 15.0 Å². The highest BCUT2D eigenvalue weighted by molar-refractivity contribution is 5.95. The summed E-state index contributed by atoms with van der Waals surface area (Å²) >= 11 is 0. The van der Waals surface area contributed by atoms with Crippen LogP contribution in [0.1, 0.15) is 17.0 Å². The molecule has 1 unspecified atom stereocenters. The minimum absolute atomic E-state index is 0.159. The number of carbonyl (C=O) groups is 2. The van der Waals surface area contributed by atoms with Crippen molar-refractivity contribution in [2.24, 2.45) is 5.73 Å². The first-order valence-electron chi connectivity index (χ1n) is 6.48. The van der Waals surface area contributed by atoms with E-state index in [0.29, 0.717) is 5.69 Å². The number of carbonyl (C=O) groups excluding carboxylic acids is 1. The van der Waals surface area contributed by atoms with Crippen molar-refractivity contribution >= 4 is 17.4 Å². The number of Topliss-reactive ketones (excluding diaryl/α,β-unsaturated/α-hetero) is 1. The van der Waals surface area contributed by atoms with Crippen LogP contribution in [0.4, 0.5) is 5.69 Å². The standard InChI is InChI=1S/C13H16N6O3/c1-18(2)8-3-5-9(6-4-8)19-16-12(15-17-19)11(20)7-10(14)13(21)22/h3-6,10H,7,14H2,1-2H3,(H,21,22). The van der Waals surface area contributed by atoms with Gasteiger partial charge in [-0.1, -0.05) is 0 Å². The van der Waals surface area contributed by atoms with Gasteiger partial charge in [0.2, 0.25) is 11.6 Å². The molecule has 0 bridgehead atoms. The fraction of sp³-hybridized carbons (Fsp3) is 0.308. The lowest BCUT2D eigenvalue weighted by Crippen LogP contribution is -2.32. The van der Waals surface area contributed by atoms with E-state index in [0.717, 1.165) is 5.69 Å². The van der Waals surface area contributed by atoms with E-state index in [2.05, 4.69) is 15.4 Å². The zero-order chi connectivity index (χ0) is 16.3. The van der Waals surface area contributed by atoms with Gasteiger partial charge in [-0.2, -0.15) is 0 Å². The molecule has 22 heavy (non-hydrogen) atoms. The first-order chi connectivity index (χ1) is 10.4. The monoisotopic (exact) mass is 304 g/mol. The van der Waals surface area contributed by atoms with Crippen molar-refractivity contribution in [3.05, 3.63) is 30.1 Å². The number of anilines is 1. The Labute approximate surface area is 126 Å². The quantitative estimate of drug-likeness (QED) is 0.697. The number of carboxylic acid groups (broad SMARTS) is 1. The molecule has 0 saturated heterocycles. The molecule has 9 nitrogen and oxygen atoms in total. The van der Waals surface area contributed by atoms with Gasteiger partial charge in [0.25, 0.3) is 0 Å². The van der Waals surface area contributed by atoms with Crippen molar-refractivity contribution in [1.29, 1.82) is 0 Å². The van der Waals surface area contributed by atoms with Crippen LogP contribution in [0.25, 0.3) is 5.69 Å². The number of aromatic nitrogens is 4. The summed E-state index contributed by atoms with van der Waals surface area (Å²) in [7, 11) is 3.84. The van der Waals surface area contributed by atoms with E-state index in [9.17, 15) is 9.59 Å². The Bertz CT molecular complexity index is 679. The average molecular weight is 304 g/mol. The number of tetrazole rings is 1. The Hall–Kier alpha value is -2.81. The number of hydrogen-bond acceptors (Lipinski definition) is 7. The maximum absolute atomic E-state index is 11.8. The molecule has 9 heteroatoms. The number of nitrogens with zero attached hydrogens (tertiary/aromatic N) is 5. The van der Waals surface area contributed by atoms with E-state index >= 15 is 0 Å². The fourth-order valence-electron chi connectivity index (χ4n) is 1.70. The van der Waals surface area contributed by atoms with Gasteiger partial charge in [0, 0.05) is 26.2 Å². The molecule has 1 aromatic heterocycles. The molecule has 2 rings (SSSR count). The Balaban J connectivity index is 2.14. The van der Waals surface area contributed by atoms with E-state index in [1.807, 2.05) is 31.1 Å². The second-order valence-corrected chi connectivity index (χ2v) is 4.89. The SMILES string of the molecule is CN(C)c1ccc(-n2nnc(C(=O)CC(N)C(=O)O)n2)cc1. The van der Waals surface area contributed by atoms with Crippen LogP contribution in [0.5, 0.6) is 0 Å². The van der Waals surface area contributed by atoms with E-state index in [1.165, 1.54) is 4.80 Å². The summed E-state index contributed by atoms with van der Waals surface area (Å²) < 4.78 is 0. The molecule has 3 N–H and O–H groups in total. The van der Waals surface area contributed by atoms with Gasteiger partial charge in [-0.25, -0.2) is 0 Å². The normalized spacial score (nSPS) is 12.0. The average Bonchev–Trinajstić information content (AvgIpc) is 2.97. The maximum atomic E-state index is 11.8. The lowest BCUT2D eigenvalue weighted by Gasteiger charge is -2.12. The smallest absolute Gasteiger partial charge is 0.320 e. The Morgan fingerprint density at radius 3 is 2.50 bits per heavy atom. The van der Waals surface area contributed by atoms with Crippen molar-refractivity contribution < 1.29 is 14.7 Å². The first kappa shape index (κ1) is 15.6. The lowest BCUT2D eigenvalue weighted by molar-refractivity contribution is -0.138. The molecule has 0 aliphatic carbocycles. The van der Waals surface area contributed by atoms with Crippen molar-refractivity contribution in [2.75, 3.05) is 19.0 Å². The van der Waals surface area contributed by atoms with Gasteiger partial charge in [-0.05, 0) is 29.5 Å². The summed E-state index contributed by atoms with van der Waals surface area (Å²) in [5.74, 6) is -1.97. The maximum Gasteiger partial charge on any atom is 0.320 e. The molecule has 1 atom stereocenters. The van der Waals surface area contributed by atoms with Crippen LogP contribution in [0.2, 0.25) is 0 Å². The molecule has 1 heterocycles. The topological polar surface area (TPSA) is 127 Å². The van der Waals surface area contributed by atoms with Crippen LogP contribution in [0.3, 0.4) is 0 Å². The number of aliphatic carboxylic acids is 1. The highest BCUT2D eigenvalue weighted by Gasteiger charge is 2.21. The minimum atomic E-state index is -1.28. The number of carboxylic acids is 1. The zero-order valence-corrected chi connectivity index (χ0v) is 12.2. The van der Waals surface area contributed by atoms with Crippen molar-refractivity contribution in [1.82, 2.24) is 20.2 Å². The Morgan fingerprint density at radius 1 is 1.32 bits per heavy atom. The third-order valence-corrected chi connectivity index (χ3v) is 2.98. The van der Waals surface area contributed by atoms with Crippen LogP contribution in [0.15, 0.2) is 24.3 Å². The molecule has 0 spiro atoms. The molecule has 0 radical (unpaired) electrons. The van der Waals surface area contributed by atoms with E-state index in [1.54, 1.807) is 12.1 Å². The van der Waals surface area contributed by atoms with Gasteiger partial charge in [0.1, 0.15) is 6.04 Å². The largest absolute Gasteiger partial charge is 0.480 e. The van der Waals surface area contributed by atoms with Crippen LogP contribution in [0, 0.1) is 0 Å². The Morgan fingerprint density at radius 2 is 1.95 bits per heavy atom. The van der Waals surface area contributed by atoms with Crippen LogP contribution < -0.4 is 10.6 Å². The van der Waals surface area contributed by atoms with E-state index in [-0.39, 0.29) is 12.2 Å². The predicted molar refractivity (Wildman–Crippen MR) is 78.0 cm³/mol. The lowest BCUT2D eigenvalue weighted by atomic mass is 10.1. The zero-order valence-electron chi connectivity index (χ0n) is 12.2. The fourth-order valence-corrected chi connectivity index (χ4v) is 1.70. The van der Waals surface area contributed by atoms with Crippen molar-refractivity contribution in [3.8, 4) is 5.69 Å². The van der Waals surface area contributed by atoms with Crippen LogP contribution >= 0.6 is 0 Å². The summed E-state index contributed by atoms with van der Waals surface area (Å²) in [6.45, 7) is 0. The van der Waals surface area contributed by atoms with Gasteiger partial charge >= 0.3 is 5.97 Å². The molecular formula is C13H16N6O3. The Kier molecular flexibility index (Phi) is 4.47. The molecule has 1 aromatic carbocycles. The van der Waals surface area contributed by atoms with Gasteiger partial charge in [0.15, 0.2) is 0 Å². The molecule has 116 valence electrons. The molecule has 0 aliphatic rings. The third-order valence-electron chi connectivity index (χ3n) is 2.98. The van der Waals surface area contributed by atoms with Crippen molar-refractivity contribution in [3.63, 3.8) is 0 Å². The number of nitrogens with two attached hydrogens (primary N) is 1. The predicted octanol–water partition coefficient (Wildman–Crippen LogP) is -0.287. The summed E-state index contributed by atoms with van der Waals surface area (Å²) in [5.41, 5.74) is 6.96. The van der Waals surface area contributed by atoms with Crippen molar-refractivity contribution in [2.45, 2.75) is 12.5 Å². The highest BCUT2D eigenvalue weighted by Crippen LogP contribution is 2.14. The number of rotatable bonds is 6. The molecule has 0 amide bonds. The molecule has 2 aromatic rings. The molecule has 0 saturated carbocycles. The van der Waals surface area contributed by atoms with Gasteiger partial charge in [-0.3, -0.25) is 9.59 Å². The third kappa shape index (κ3) is 3.44. The van der Waals surface area contributed by atoms with Gasteiger partial charge in [0.05, 0.1) is 5.69 Å². The molecule has 0 aliphatic heterocycles. The second kappa shape index (κ2) is 6.31. The van der Waals surface area contributed by atoms with Crippen LogP contribution in [-0.4, -0.2) is 57.2 Å². The highest BCUT2D eigenvalue weighted by atomic mass is 16.4. The van der Waals surface area contributed by atoms with E-state index < -0.39 is 17.8 Å². The first-order valence-corrected chi connectivity index (χ1v) is 6.48. The number of hydrogen-bond donors (Lipinski definition) is 2. The second-order valence-electron chi connectivity index (χ2n) is 4.89. The molecule has 0 fully saturated rings. The van der Waals surface area contributed by atoms with E-state index in [4.69, 9.17) is 10.8 Å². The minimum Gasteiger partial charge on any atom is -0.480 e. The summed E-state index contributed by atoms with van der Waals surface area (Å²) in [5, 5.41) is 20.1. The number of ketones is 1. The molecular weight excluding hydrogens is 288 g/mol. The summed E-state index contributed by atoms with van der Waals surface area (Å²) in [6, 6.07) is 6.04.